The van der Waals surface area contributed by atoms with Crippen molar-refractivity contribution in [3.05, 3.63) is 30.2 Å². The fraction of sp³-hybridized carbons (Fsp3) is 0.444. The number of alkyl halides is 2. The molecule has 0 saturated heterocycles. The van der Waals surface area contributed by atoms with Gasteiger partial charge in [-0.15, -0.1) is 0 Å². The van der Waals surface area contributed by atoms with E-state index < -0.39 is 19.5 Å². The molecule has 0 fully saturated rings. The van der Waals surface area contributed by atoms with Crippen LogP contribution in [0, 0.1) is 6.04 Å². The fourth-order valence-corrected chi connectivity index (χ4v) is 0.916. The number of dihydropyridines is 1. The lowest BCUT2D eigenvalue weighted by molar-refractivity contribution is 0.0677. The Hall–Kier alpha value is -1.06. The summed E-state index contributed by atoms with van der Waals surface area (Å²) in [4.78, 5) is 0. The summed E-state index contributed by atoms with van der Waals surface area (Å²) < 4.78 is 29.3. The van der Waals surface area contributed by atoms with Crippen LogP contribution in [0.15, 0.2) is 24.1 Å². The first-order valence-corrected chi connectivity index (χ1v) is 4.03. The highest BCUT2D eigenvalue weighted by molar-refractivity contribution is 5.26. The van der Waals surface area contributed by atoms with Crippen molar-refractivity contribution in [3.8, 4) is 0 Å². The minimum atomic E-state index is -0.991. The zero-order chi connectivity index (χ0) is 9.68. The van der Waals surface area contributed by atoms with Gasteiger partial charge >= 0.3 is 0 Å². The summed E-state index contributed by atoms with van der Waals surface area (Å²) in [5.41, 5.74) is 0. The highest BCUT2D eigenvalue weighted by Gasteiger charge is 2.17. The van der Waals surface area contributed by atoms with Crippen LogP contribution in [-0.2, 0) is 4.74 Å². The molecule has 13 heavy (non-hydrogen) atoms. The van der Waals surface area contributed by atoms with Crippen LogP contribution >= 0.6 is 0 Å². The van der Waals surface area contributed by atoms with Gasteiger partial charge in [0.1, 0.15) is 25.2 Å². The monoisotopic (exact) mass is 188 g/mol. The lowest BCUT2D eigenvalue weighted by Crippen LogP contribution is -2.24. The van der Waals surface area contributed by atoms with Gasteiger partial charge in [0.25, 0.3) is 0 Å². The second kappa shape index (κ2) is 4.84. The molecule has 1 N–H and O–H groups in total. The summed E-state index contributed by atoms with van der Waals surface area (Å²) in [6, 6.07) is 0.759. The van der Waals surface area contributed by atoms with Crippen molar-refractivity contribution < 1.29 is 13.5 Å². The second-order valence-corrected chi connectivity index (χ2v) is 2.71. The van der Waals surface area contributed by atoms with Gasteiger partial charge in [0.2, 0.25) is 0 Å². The Morgan fingerprint density at radius 2 is 2.15 bits per heavy atom. The maximum atomic E-state index is 12.1. The van der Waals surface area contributed by atoms with Crippen molar-refractivity contribution in [2.75, 3.05) is 13.3 Å². The molecule has 1 aliphatic rings. The van der Waals surface area contributed by atoms with E-state index in [1.165, 1.54) is 0 Å². The van der Waals surface area contributed by atoms with E-state index in [0.717, 1.165) is 6.04 Å². The molecule has 1 heterocycles. The first kappa shape index (κ1) is 10.0. The molecule has 2 nitrogen and oxygen atoms in total. The second-order valence-electron chi connectivity index (χ2n) is 2.71. The Morgan fingerprint density at radius 3 is 2.69 bits per heavy atom. The summed E-state index contributed by atoms with van der Waals surface area (Å²) in [5, 5.41) is 2.88. The number of hydrogen-bond acceptors (Lipinski definition) is 2. The third-order valence-corrected chi connectivity index (χ3v) is 1.65. The van der Waals surface area contributed by atoms with Gasteiger partial charge in [0, 0.05) is 0 Å². The molecular formula is C9H12F2NO. The van der Waals surface area contributed by atoms with E-state index in [0.29, 0.717) is 5.76 Å². The van der Waals surface area contributed by atoms with Gasteiger partial charge in [-0.25, -0.2) is 8.78 Å². The normalized spacial score (nSPS) is 17.1. The van der Waals surface area contributed by atoms with E-state index in [9.17, 15) is 8.78 Å². The number of nitrogens with one attached hydrogen (secondary N) is 1. The van der Waals surface area contributed by atoms with Crippen LogP contribution in [0.5, 0.6) is 0 Å². The summed E-state index contributed by atoms with van der Waals surface area (Å²) in [7, 11) is 0. The molecule has 73 valence electrons. The van der Waals surface area contributed by atoms with Crippen LogP contribution in [0.3, 0.4) is 0 Å². The molecule has 0 bridgehead atoms. The van der Waals surface area contributed by atoms with Gasteiger partial charge in [0.05, 0.1) is 0 Å². The molecule has 0 saturated carbocycles. The standard InChI is InChI=1S/C9H12F2NO/c1-7-9(3-2-4-12-7)13-8(5-10)6-11/h2-4,8,12H,5-6H2,1H3. The highest BCUT2D eigenvalue weighted by Crippen LogP contribution is 2.17. The molecular weight excluding hydrogens is 176 g/mol. The number of rotatable bonds is 4. The van der Waals surface area contributed by atoms with E-state index in [1.807, 2.05) is 0 Å². The molecule has 0 aromatic heterocycles. The molecule has 0 aromatic carbocycles. The molecule has 1 aliphatic heterocycles. The lowest BCUT2D eigenvalue weighted by atomic mass is 10.2. The molecule has 0 aliphatic carbocycles. The van der Waals surface area contributed by atoms with Crippen molar-refractivity contribution in [1.82, 2.24) is 5.32 Å². The Morgan fingerprint density at radius 1 is 1.46 bits per heavy atom. The maximum Gasteiger partial charge on any atom is 0.155 e. The number of halogens is 2. The van der Waals surface area contributed by atoms with Crippen molar-refractivity contribution in [2.45, 2.75) is 13.0 Å². The predicted molar refractivity (Wildman–Crippen MR) is 46.1 cm³/mol. The smallest absolute Gasteiger partial charge is 0.155 e. The van der Waals surface area contributed by atoms with E-state index in [-0.39, 0.29) is 0 Å². The van der Waals surface area contributed by atoms with Crippen LogP contribution in [0.25, 0.3) is 0 Å². The Labute approximate surface area is 76.3 Å². The van der Waals surface area contributed by atoms with Crippen LogP contribution in [-0.4, -0.2) is 19.5 Å². The van der Waals surface area contributed by atoms with E-state index in [4.69, 9.17) is 4.74 Å². The molecule has 0 amide bonds. The topological polar surface area (TPSA) is 21.3 Å². The fourth-order valence-electron chi connectivity index (χ4n) is 0.916. The zero-order valence-corrected chi connectivity index (χ0v) is 7.39. The quantitative estimate of drug-likeness (QED) is 0.727. The molecule has 0 atom stereocenters. The van der Waals surface area contributed by atoms with Crippen LogP contribution < -0.4 is 5.32 Å². The minimum absolute atomic E-state index is 0.489. The molecule has 0 spiro atoms. The first-order valence-electron chi connectivity index (χ1n) is 4.03. The summed E-state index contributed by atoms with van der Waals surface area (Å²) in [5.74, 6) is 0.489. The van der Waals surface area contributed by atoms with E-state index >= 15 is 0 Å². The lowest BCUT2D eigenvalue weighted by Gasteiger charge is -2.21. The number of ether oxygens (including phenoxy) is 1. The largest absolute Gasteiger partial charge is 0.487 e. The van der Waals surface area contributed by atoms with E-state index in [1.54, 1.807) is 25.3 Å². The van der Waals surface area contributed by atoms with Gasteiger partial charge in [-0.05, 0) is 25.3 Å². The van der Waals surface area contributed by atoms with Crippen molar-refractivity contribution in [2.24, 2.45) is 0 Å². The average Bonchev–Trinajstić information content (AvgIpc) is 2.17. The van der Waals surface area contributed by atoms with Crippen molar-refractivity contribution in [1.29, 1.82) is 0 Å². The van der Waals surface area contributed by atoms with Gasteiger partial charge in [0.15, 0.2) is 6.10 Å². The predicted octanol–water partition coefficient (Wildman–Crippen LogP) is 1.86. The van der Waals surface area contributed by atoms with Crippen LogP contribution in [0.4, 0.5) is 8.78 Å². The zero-order valence-electron chi connectivity index (χ0n) is 7.39. The highest BCUT2D eigenvalue weighted by atomic mass is 19.1. The van der Waals surface area contributed by atoms with E-state index in [2.05, 4.69) is 5.32 Å². The van der Waals surface area contributed by atoms with Crippen molar-refractivity contribution in [3.63, 3.8) is 0 Å². The molecule has 0 aromatic rings. The SMILES string of the molecule is C[C]1NC=CC=C1OC(CF)CF. The Bertz CT molecular complexity index is 212. The Balaban J connectivity index is 2.50. The first-order chi connectivity index (χ1) is 6.27. The minimum Gasteiger partial charge on any atom is -0.487 e. The van der Waals surface area contributed by atoms with Crippen LogP contribution in [0.2, 0.25) is 0 Å². The van der Waals surface area contributed by atoms with Gasteiger partial charge in [-0.3, -0.25) is 0 Å². The van der Waals surface area contributed by atoms with Crippen molar-refractivity contribution >= 4 is 0 Å². The number of hydrogen-bond donors (Lipinski definition) is 1. The van der Waals surface area contributed by atoms with Gasteiger partial charge < -0.3 is 10.1 Å². The van der Waals surface area contributed by atoms with Gasteiger partial charge in [-0.1, -0.05) is 0 Å². The molecule has 1 radical (unpaired) electrons. The third-order valence-electron chi connectivity index (χ3n) is 1.65. The summed E-state index contributed by atoms with van der Waals surface area (Å²) in [6.07, 6.45) is 4.12. The molecule has 0 unspecified atom stereocenters. The van der Waals surface area contributed by atoms with Gasteiger partial charge in [-0.2, -0.15) is 0 Å². The Kier molecular flexibility index (Phi) is 3.73. The molecule has 4 heteroatoms. The van der Waals surface area contributed by atoms with Crippen LogP contribution in [0.1, 0.15) is 6.92 Å². The third kappa shape index (κ3) is 2.72. The summed E-state index contributed by atoms with van der Waals surface area (Å²) in [6.45, 7) is 0.151. The number of allylic oxidation sites excluding steroid dienone is 2. The molecule has 1 rings (SSSR count). The average molecular weight is 188 g/mol. The summed E-state index contributed by atoms with van der Waals surface area (Å²) >= 11 is 0. The maximum absolute atomic E-state index is 12.1.